The summed E-state index contributed by atoms with van der Waals surface area (Å²) in [5.41, 5.74) is 15.1. The molecule has 2 nitrogen and oxygen atoms in total. The summed E-state index contributed by atoms with van der Waals surface area (Å²) in [6, 6.07) is 60.3. The van der Waals surface area contributed by atoms with Crippen molar-refractivity contribution in [3.8, 4) is 33.6 Å². The van der Waals surface area contributed by atoms with Gasteiger partial charge in [-0.05, 0) is 126 Å². The van der Waals surface area contributed by atoms with Crippen molar-refractivity contribution in [2.75, 3.05) is 0 Å². The summed E-state index contributed by atoms with van der Waals surface area (Å²) in [6.07, 6.45) is 7.31. The minimum atomic E-state index is 1.14. The van der Waals surface area contributed by atoms with Crippen LogP contribution in [0.5, 0.6) is 0 Å². The fourth-order valence-corrected chi connectivity index (χ4v) is 8.26. The first-order valence-electron chi connectivity index (χ1n) is 17.8. The molecule has 0 aliphatic heterocycles. The summed E-state index contributed by atoms with van der Waals surface area (Å²) >= 11 is 0. The van der Waals surface area contributed by atoms with Crippen LogP contribution in [-0.4, -0.2) is 9.13 Å². The molecule has 0 atom stereocenters. The molecular formula is C48H36N2. The van der Waals surface area contributed by atoms with Gasteiger partial charge < -0.3 is 9.13 Å². The van der Waals surface area contributed by atoms with E-state index in [1.807, 2.05) is 0 Å². The van der Waals surface area contributed by atoms with Gasteiger partial charge in [0.05, 0.1) is 22.1 Å². The van der Waals surface area contributed by atoms with Gasteiger partial charge in [0.2, 0.25) is 0 Å². The molecule has 0 unspecified atom stereocenters. The number of hydrogen-bond acceptors (Lipinski definition) is 0. The third kappa shape index (κ3) is 4.71. The maximum Gasteiger partial charge on any atom is 0.0541 e. The van der Waals surface area contributed by atoms with E-state index in [4.69, 9.17) is 0 Å². The van der Waals surface area contributed by atoms with Crippen molar-refractivity contribution in [1.29, 1.82) is 0 Å². The lowest BCUT2D eigenvalue weighted by molar-refractivity contribution is 0.742. The lowest BCUT2D eigenvalue weighted by Gasteiger charge is -2.17. The van der Waals surface area contributed by atoms with Gasteiger partial charge in [0, 0.05) is 32.9 Å². The smallest absolute Gasteiger partial charge is 0.0541 e. The summed E-state index contributed by atoms with van der Waals surface area (Å²) in [6.45, 7) is 0. The highest BCUT2D eigenvalue weighted by molar-refractivity contribution is 6.12. The van der Waals surface area contributed by atoms with Crippen molar-refractivity contribution < 1.29 is 0 Å². The van der Waals surface area contributed by atoms with Crippen molar-refractivity contribution in [2.24, 2.45) is 0 Å². The second-order valence-corrected chi connectivity index (χ2v) is 13.6. The molecule has 2 heterocycles. The number of fused-ring (bicyclic) bond motifs is 6. The lowest BCUT2D eigenvalue weighted by atomic mass is 9.91. The van der Waals surface area contributed by atoms with Crippen LogP contribution in [0.2, 0.25) is 0 Å². The number of rotatable bonds is 5. The number of nitrogens with zero attached hydrogens (tertiary/aromatic N) is 2. The summed E-state index contributed by atoms with van der Waals surface area (Å²) < 4.78 is 4.86. The van der Waals surface area contributed by atoms with Crippen LogP contribution >= 0.6 is 0 Å². The van der Waals surface area contributed by atoms with E-state index >= 15 is 0 Å². The first kappa shape index (κ1) is 28.9. The fraction of sp³-hybridized carbons (Fsp3) is 0.0833. The van der Waals surface area contributed by atoms with Crippen molar-refractivity contribution in [1.82, 2.24) is 9.13 Å². The topological polar surface area (TPSA) is 9.86 Å². The van der Waals surface area contributed by atoms with Crippen molar-refractivity contribution in [3.63, 3.8) is 0 Å². The van der Waals surface area contributed by atoms with Gasteiger partial charge in [0.1, 0.15) is 0 Å². The number of hydrogen-bond donors (Lipinski definition) is 0. The third-order valence-electron chi connectivity index (χ3n) is 10.6. The van der Waals surface area contributed by atoms with E-state index < -0.39 is 0 Å². The SMILES string of the molecule is C1=C(c2cc(-c3ccccc3)cc(-n3c4ccccc4c4cc(-c5ccc6c(c5)c5ccccc5n6-c5ccccc5)ccc43)c2)CCCC1. The molecule has 0 N–H and O–H groups in total. The van der Waals surface area contributed by atoms with Crippen molar-refractivity contribution in [2.45, 2.75) is 25.7 Å². The second kappa shape index (κ2) is 11.8. The largest absolute Gasteiger partial charge is 0.309 e. The highest BCUT2D eigenvalue weighted by Crippen LogP contribution is 2.40. The average Bonchev–Trinajstić information content (AvgIpc) is 3.71. The number of aromatic nitrogens is 2. The minimum absolute atomic E-state index is 1.14. The van der Waals surface area contributed by atoms with E-state index in [1.54, 1.807) is 0 Å². The zero-order chi connectivity index (χ0) is 33.0. The summed E-state index contributed by atoms with van der Waals surface area (Å²) in [5.74, 6) is 0. The lowest BCUT2D eigenvalue weighted by Crippen LogP contribution is -1.98. The summed E-state index contributed by atoms with van der Waals surface area (Å²) in [7, 11) is 0. The molecule has 1 aliphatic rings. The average molecular weight is 641 g/mol. The number of para-hydroxylation sites is 3. The Labute approximate surface area is 292 Å². The Morgan fingerprint density at radius 3 is 1.50 bits per heavy atom. The highest BCUT2D eigenvalue weighted by Gasteiger charge is 2.18. The Morgan fingerprint density at radius 1 is 0.340 bits per heavy atom. The molecule has 0 bridgehead atoms. The number of allylic oxidation sites excluding steroid dienone is 2. The molecule has 10 rings (SSSR count). The van der Waals surface area contributed by atoms with Gasteiger partial charge in [-0.2, -0.15) is 0 Å². The molecule has 0 saturated heterocycles. The van der Waals surface area contributed by atoms with Crippen LogP contribution in [0.3, 0.4) is 0 Å². The first-order chi connectivity index (χ1) is 24.8. The van der Waals surface area contributed by atoms with E-state index in [0.717, 1.165) is 12.8 Å². The van der Waals surface area contributed by atoms with Crippen LogP contribution in [0.4, 0.5) is 0 Å². The van der Waals surface area contributed by atoms with E-state index in [9.17, 15) is 0 Å². The minimum Gasteiger partial charge on any atom is -0.309 e. The molecule has 0 fully saturated rings. The normalized spacial score (nSPS) is 13.4. The maximum absolute atomic E-state index is 2.48. The monoisotopic (exact) mass is 640 g/mol. The predicted octanol–water partition coefficient (Wildman–Crippen LogP) is 13.2. The van der Waals surface area contributed by atoms with Crippen LogP contribution < -0.4 is 0 Å². The second-order valence-electron chi connectivity index (χ2n) is 13.6. The molecule has 0 amide bonds. The van der Waals surface area contributed by atoms with Gasteiger partial charge in [-0.3, -0.25) is 0 Å². The molecule has 9 aromatic rings. The Kier molecular flexibility index (Phi) is 6.80. The van der Waals surface area contributed by atoms with Gasteiger partial charge in [-0.25, -0.2) is 0 Å². The van der Waals surface area contributed by atoms with Gasteiger partial charge in [0.15, 0.2) is 0 Å². The molecule has 0 saturated carbocycles. The van der Waals surface area contributed by atoms with Gasteiger partial charge in [-0.15, -0.1) is 0 Å². The van der Waals surface area contributed by atoms with E-state index in [2.05, 4.69) is 179 Å². The third-order valence-corrected chi connectivity index (χ3v) is 10.6. The molecular weight excluding hydrogens is 605 g/mol. The van der Waals surface area contributed by atoms with Crippen LogP contribution in [0.1, 0.15) is 31.2 Å². The zero-order valence-corrected chi connectivity index (χ0v) is 27.9. The van der Waals surface area contributed by atoms with Crippen LogP contribution in [0.25, 0.3) is 82.8 Å². The molecule has 7 aromatic carbocycles. The molecule has 2 aromatic heterocycles. The van der Waals surface area contributed by atoms with Crippen molar-refractivity contribution >= 4 is 49.2 Å². The summed E-state index contributed by atoms with van der Waals surface area (Å²) in [4.78, 5) is 0. The van der Waals surface area contributed by atoms with Crippen LogP contribution in [0, 0.1) is 0 Å². The van der Waals surface area contributed by atoms with E-state index in [0.29, 0.717) is 0 Å². The van der Waals surface area contributed by atoms with Gasteiger partial charge >= 0.3 is 0 Å². The molecule has 50 heavy (non-hydrogen) atoms. The Morgan fingerprint density at radius 2 is 0.880 bits per heavy atom. The standard InChI is InChI=1S/C48H36N2/c1-4-14-33(15-5-1)37-28-38(34-16-6-2-7-17-34)30-40(29-37)50-46-23-13-11-21-42(46)44-32-36(25-27-48(44)50)35-24-26-47-43(31-35)41-20-10-12-22-45(41)49(47)39-18-8-3-9-19-39/h1,3-5,8-16,18-32H,2,6-7,17H2. The Bertz CT molecular complexity index is 2740. The molecule has 0 spiro atoms. The fourth-order valence-electron chi connectivity index (χ4n) is 8.26. The molecule has 0 radical (unpaired) electrons. The van der Waals surface area contributed by atoms with Crippen LogP contribution in [-0.2, 0) is 0 Å². The highest BCUT2D eigenvalue weighted by atomic mass is 15.0. The quantitative estimate of drug-likeness (QED) is 0.177. The Hall–Kier alpha value is -6.12. The zero-order valence-electron chi connectivity index (χ0n) is 27.9. The molecule has 2 heteroatoms. The van der Waals surface area contributed by atoms with E-state index in [-0.39, 0.29) is 0 Å². The first-order valence-corrected chi connectivity index (χ1v) is 17.8. The Balaban J connectivity index is 1.16. The maximum atomic E-state index is 2.48. The van der Waals surface area contributed by atoms with Crippen LogP contribution in [0.15, 0.2) is 170 Å². The predicted molar refractivity (Wildman–Crippen MR) is 212 cm³/mol. The van der Waals surface area contributed by atoms with E-state index in [1.165, 1.54) is 101 Å². The summed E-state index contributed by atoms with van der Waals surface area (Å²) in [5, 5.41) is 5.09. The molecule has 1 aliphatic carbocycles. The van der Waals surface area contributed by atoms with Crippen molar-refractivity contribution in [3.05, 3.63) is 175 Å². The van der Waals surface area contributed by atoms with Gasteiger partial charge in [-0.1, -0.05) is 103 Å². The molecule has 238 valence electrons. The van der Waals surface area contributed by atoms with Gasteiger partial charge in [0.25, 0.3) is 0 Å². The number of benzene rings is 7.